The van der Waals surface area contributed by atoms with Gasteiger partial charge in [0.1, 0.15) is 5.54 Å². The van der Waals surface area contributed by atoms with E-state index in [2.05, 4.69) is 29.2 Å². The highest BCUT2D eigenvalue weighted by atomic mass is 35.5. The molecule has 1 saturated carbocycles. The van der Waals surface area contributed by atoms with Crippen LogP contribution in [0.2, 0.25) is 0 Å². The number of nitrogens with one attached hydrogen (secondary N) is 1. The number of carbonyl (C=O) groups excluding carboxylic acids is 1. The third kappa shape index (κ3) is 5.24. The molecule has 2 rings (SSSR count). The van der Waals surface area contributed by atoms with Gasteiger partial charge in [0.25, 0.3) is 0 Å². The third-order valence-corrected chi connectivity index (χ3v) is 6.24. The van der Waals surface area contributed by atoms with Gasteiger partial charge in [0.2, 0.25) is 5.91 Å². The van der Waals surface area contributed by atoms with Crippen LogP contribution in [0.1, 0.15) is 40.0 Å². The molecule has 1 saturated heterocycles. The van der Waals surface area contributed by atoms with Crippen molar-refractivity contribution in [1.82, 2.24) is 15.1 Å². The Kier molecular flexibility index (Phi) is 10.4. The topological polar surface area (TPSA) is 70.8 Å². The minimum absolute atomic E-state index is 0. The van der Waals surface area contributed by atoms with E-state index >= 15 is 0 Å². The number of halogens is 2. The number of ether oxygens (including phenoxy) is 1. The maximum atomic E-state index is 12.6. The first-order chi connectivity index (χ1) is 11.2. The van der Waals surface area contributed by atoms with Crippen molar-refractivity contribution in [2.45, 2.75) is 57.7 Å². The number of nitrogens with zero attached hydrogens (tertiary/aromatic N) is 2. The van der Waals surface area contributed by atoms with E-state index in [0.717, 1.165) is 19.6 Å². The summed E-state index contributed by atoms with van der Waals surface area (Å²) in [7, 11) is 4.30. The van der Waals surface area contributed by atoms with Crippen molar-refractivity contribution in [3.63, 3.8) is 0 Å². The lowest BCUT2D eigenvalue weighted by Gasteiger charge is -2.57. The number of hydrogen-bond donors (Lipinski definition) is 2. The molecule has 2 unspecified atom stereocenters. The molecule has 6 nitrogen and oxygen atoms in total. The monoisotopic (exact) mass is 412 g/mol. The highest BCUT2D eigenvalue weighted by Crippen LogP contribution is 2.49. The second kappa shape index (κ2) is 10.4. The van der Waals surface area contributed by atoms with Crippen LogP contribution in [-0.2, 0) is 9.53 Å². The lowest BCUT2D eigenvalue weighted by atomic mass is 9.54. The first-order valence-electron chi connectivity index (χ1n) is 9.30. The number of nitrogens with two attached hydrogens (primary N) is 1. The van der Waals surface area contributed by atoms with Gasteiger partial charge in [0, 0.05) is 37.6 Å². The molecule has 2 atom stereocenters. The molecule has 0 bridgehead atoms. The van der Waals surface area contributed by atoms with Crippen LogP contribution < -0.4 is 11.1 Å². The molecule has 1 amide bonds. The Morgan fingerprint density at radius 2 is 1.85 bits per heavy atom. The van der Waals surface area contributed by atoms with Gasteiger partial charge in [-0.05, 0) is 47.0 Å². The molecular formula is C18H38Cl2N4O2. The first kappa shape index (κ1) is 25.9. The van der Waals surface area contributed by atoms with Crippen molar-refractivity contribution >= 4 is 30.7 Å². The molecule has 26 heavy (non-hydrogen) atoms. The van der Waals surface area contributed by atoms with Crippen LogP contribution >= 0.6 is 24.8 Å². The lowest BCUT2D eigenvalue weighted by molar-refractivity contribution is -0.170. The Balaban J connectivity index is 0.00000312. The highest BCUT2D eigenvalue weighted by molar-refractivity contribution is 5.88. The summed E-state index contributed by atoms with van der Waals surface area (Å²) in [6.07, 6.45) is 3.08. The van der Waals surface area contributed by atoms with Gasteiger partial charge < -0.3 is 25.6 Å². The summed E-state index contributed by atoms with van der Waals surface area (Å²) in [6.45, 7) is 10.5. The second-order valence-corrected chi connectivity index (χ2v) is 8.13. The summed E-state index contributed by atoms with van der Waals surface area (Å²) >= 11 is 0. The predicted molar refractivity (Wildman–Crippen MR) is 111 cm³/mol. The van der Waals surface area contributed by atoms with E-state index in [1.165, 1.54) is 12.8 Å². The van der Waals surface area contributed by atoms with Gasteiger partial charge in [-0.1, -0.05) is 13.8 Å². The number of hydrogen-bond acceptors (Lipinski definition) is 5. The van der Waals surface area contributed by atoms with Crippen LogP contribution in [0.3, 0.4) is 0 Å². The molecule has 2 aliphatic rings. The average molecular weight is 413 g/mol. The standard InChI is InChI=1S/C18H36N4O2.2ClH/c1-6-24-15-13-18(19,17(15,2)3)16(23)20-9-12-22-10-7-14(8-11-22)21(4)5;;/h14-15H,6-13,19H2,1-5H3,(H,20,23);2*1H. The third-order valence-electron chi connectivity index (χ3n) is 6.24. The molecule has 8 heteroatoms. The van der Waals surface area contributed by atoms with E-state index < -0.39 is 5.54 Å². The molecule has 0 aromatic rings. The zero-order chi connectivity index (χ0) is 18.0. The number of likely N-dealkylation sites (tertiary alicyclic amines) is 1. The first-order valence-corrected chi connectivity index (χ1v) is 9.30. The maximum absolute atomic E-state index is 12.6. The quantitative estimate of drug-likeness (QED) is 0.662. The molecule has 0 radical (unpaired) electrons. The molecule has 1 aliphatic heterocycles. The van der Waals surface area contributed by atoms with Crippen molar-refractivity contribution in [3.8, 4) is 0 Å². The second-order valence-electron chi connectivity index (χ2n) is 8.13. The van der Waals surface area contributed by atoms with E-state index in [1.54, 1.807) is 0 Å². The van der Waals surface area contributed by atoms with Crippen LogP contribution in [0, 0.1) is 5.41 Å². The van der Waals surface area contributed by atoms with Crippen LogP contribution in [0.4, 0.5) is 0 Å². The summed E-state index contributed by atoms with van der Waals surface area (Å²) in [5.41, 5.74) is 5.27. The zero-order valence-electron chi connectivity index (χ0n) is 16.9. The number of piperidine rings is 1. The van der Waals surface area contributed by atoms with Crippen LogP contribution in [-0.4, -0.2) is 80.3 Å². The fourth-order valence-corrected chi connectivity index (χ4v) is 3.97. The fraction of sp³-hybridized carbons (Fsp3) is 0.944. The molecule has 1 heterocycles. The fourth-order valence-electron chi connectivity index (χ4n) is 3.97. The van der Waals surface area contributed by atoms with Crippen molar-refractivity contribution in [2.24, 2.45) is 11.1 Å². The van der Waals surface area contributed by atoms with Crippen LogP contribution in [0.15, 0.2) is 0 Å². The summed E-state index contributed by atoms with van der Waals surface area (Å²) < 4.78 is 5.70. The summed E-state index contributed by atoms with van der Waals surface area (Å²) in [6, 6.07) is 0.689. The van der Waals surface area contributed by atoms with Crippen molar-refractivity contribution in [3.05, 3.63) is 0 Å². The van der Waals surface area contributed by atoms with Gasteiger partial charge in [0.15, 0.2) is 0 Å². The van der Waals surface area contributed by atoms with Gasteiger partial charge >= 0.3 is 0 Å². The normalized spacial score (nSPS) is 28.7. The molecule has 0 aromatic heterocycles. The van der Waals surface area contributed by atoms with E-state index in [1.807, 2.05) is 20.8 Å². The molecule has 1 aliphatic carbocycles. The zero-order valence-corrected chi connectivity index (χ0v) is 18.5. The minimum Gasteiger partial charge on any atom is -0.378 e. The largest absolute Gasteiger partial charge is 0.378 e. The SMILES string of the molecule is CCOC1CC(N)(C(=O)NCCN2CCC(N(C)C)CC2)C1(C)C.Cl.Cl. The highest BCUT2D eigenvalue weighted by Gasteiger charge is 2.62. The molecule has 156 valence electrons. The van der Waals surface area contributed by atoms with E-state index in [-0.39, 0.29) is 42.2 Å². The van der Waals surface area contributed by atoms with E-state index in [9.17, 15) is 4.79 Å². The molecule has 2 fully saturated rings. The molecule has 0 spiro atoms. The van der Waals surface area contributed by atoms with Gasteiger partial charge in [-0.3, -0.25) is 4.79 Å². The van der Waals surface area contributed by atoms with Crippen molar-refractivity contribution < 1.29 is 9.53 Å². The summed E-state index contributed by atoms with van der Waals surface area (Å²) in [4.78, 5) is 17.3. The molecule has 3 N–H and O–H groups in total. The Morgan fingerprint density at radius 1 is 1.27 bits per heavy atom. The molecular weight excluding hydrogens is 375 g/mol. The minimum atomic E-state index is -0.815. The van der Waals surface area contributed by atoms with E-state index in [4.69, 9.17) is 10.5 Å². The smallest absolute Gasteiger partial charge is 0.240 e. The van der Waals surface area contributed by atoms with Crippen LogP contribution in [0.5, 0.6) is 0 Å². The lowest BCUT2D eigenvalue weighted by Crippen LogP contribution is -2.75. The maximum Gasteiger partial charge on any atom is 0.240 e. The van der Waals surface area contributed by atoms with Crippen LogP contribution in [0.25, 0.3) is 0 Å². The number of carbonyl (C=O) groups is 1. The van der Waals surface area contributed by atoms with E-state index in [0.29, 0.717) is 25.6 Å². The Morgan fingerprint density at radius 3 is 2.31 bits per heavy atom. The summed E-state index contributed by atoms with van der Waals surface area (Å²) in [5, 5.41) is 3.05. The van der Waals surface area contributed by atoms with Gasteiger partial charge in [-0.2, -0.15) is 0 Å². The van der Waals surface area contributed by atoms with Crippen molar-refractivity contribution in [1.29, 1.82) is 0 Å². The number of rotatable bonds is 7. The van der Waals surface area contributed by atoms with Crippen molar-refractivity contribution in [2.75, 3.05) is 46.9 Å². The van der Waals surface area contributed by atoms with Gasteiger partial charge in [-0.25, -0.2) is 0 Å². The Bertz CT molecular complexity index is 443. The predicted octanol–water partition coefficient (Wildman–Crippen LogP) is 1.50. The average Bonchev–Trinajstić information content (AvgIpc) is 2.54. The Hall–Kier alpha value is -0.110. The summed E-state index contributed by atoms with van der Waals surface area (Å²) in [5.74, 6) is -0.0355. The Labute approximate surface area is 171 Å². The van der Waals surface area contributed by atoms with Gasteiger partial charge in [0.05, 0.1) is 6.10 Å². The van der Waals surface area contributed by atoms with Gasteiger partial charge in [-0.15, -0.1) is 24.8 Å². The number of amides is 1. The molecule has 0 aromatic carbocycles.